The molecule has 3 amide bonds. The third-order valence-corrected chi connectivity index (χ3v) is 7.46. The fourth-order valence-electron chi connectivity index (χ4n) is 4.13. The second-order valence-electron chi connectivity index (χ2n) is 9.19. The second-order valence-corrected chi connectivity index (χ2v) is 10.2. The van der Waals surface area contributed by atoms with E-state index >= 15 is 0 Å². The molecule has 2 aromatic carbocycles. The van der Waals surface area contributed by atoms with Gasteiger partial charge in [-0.1, -0.05) is 36.4 Å². The number of benzene rings is 2. The van der Waals surface area contributed by atoms with Crippen LogP contribution in [0.15, 0.2) is 60.0 Å². The van der Waals surface area contributed by atoms with Gasteiger partial charge in [-0.15, -0.1) is 11.3 Å². The molecule has 0 fully saturated rings. The van der Waals surface area contributed by atoms with Crippen molar-refractivity contribution in [1.82, 2.24) is 15.1 Å². The fourth-order valence-corrected chi connectivity index (χ4v) is 5.05. The van der Waals surface area contributed by atoms with Gasteiger partial charge in [-0.05, 0) is 60.0 Å². The van der Waals surface area contributed by atoms with Crippen molar-refractivity contribution in [1.29, 1.82) is 0 Å². The van der Waals surface area contributed by atoms with Crippen molar-refractivity contribution < 1.29 is 23.8 Å². The summed E-state index contributed by atoms with van der Waals surface area (Å²) in [4.78, 5) is 31.4. The van der Waals surface area contributed by atoms with Gasteiger partial charge in [0.2, 0.25) is 5.91 Å². The minimum absolute atomic E-state index is 0.0132. The van der Waals surface area contributed by atoms with Gasteiger partial charge in [-0.25, -0.2) is 4.79 Å². The first-order chi connectivity index (χ1) is 18.9. The van der Waals surface area contributed by atoms with Crippen molar-refractivity contribution in [3.05, 3.63) is 81.5 Å². The summed E-state index contributed by atoms with van der Waals surface area (Å²) in [5.74, 6) is 1.22. The molecule has 9 heteroatoms. The van der Waals surface area contributed by atoms with Crippen LogP contribution in [0.3, 0.4) is 0 Å². The Kier molecular flexibility index (Phi) is 12.1. The number of methoxy groups -OCH3 is 3. The van der Waals surface area contributed by atoms with Crippen LogP contribution >= 0.6 is 11.3 Å². The molecular weight excluding hydrogens is 514 g/mol. The van der Waals surface area contributed by atoms with Gasteiger partial charge in [-0.2, -0.15) is 0 Å². The van der Waals surface area contributed by atoms with E-state index in [-0.39, 0.29) is 18.5 Å². The Hall–Kier alpha value is -3.56. The third kappa shape index (κ3) is 9.30. The Morgan fingerprint density at radius 1 is 0.897 bits per heavy atom. The van der Waals surface area contributed by atoms with Crippen LogP contribution in [0.4, 0.5) is 4.79 Å². The lowest BCUT2D eigenvalue weighted by molar-refractivity contribution is -0.132. The largest absolute Gasteiger partial charge is 0.493 e. The molecule has 1 heterocycles. The van der Waals surface area contributed by atoms with Crippen LogP contribution < -0.4 is 14.8 Å². The highest BCUT2D eigenvalue weighted by Crippen LogP contribution is 2.28. The van der Waals surface area contributed by atoms with Crippen LogP contribution in [-0.2, 0) is 29.0 Å². The zero-order valence-electron chi connectivity index (χ0n) is 23.3. The molecule has 3 aromatic rings. The van der Waals surface area contributed by atoms with Gasteiger partial charge in [0.25, 0.3) is 0 Å². The maximum absolute atomic E-state index is 13.7. The third-order valence-electron chi connectivity index (χ3n) is 6.45. The van der Waals surface area contributed by atoms with E-state index in [1.54, 1.807) is 37.6 Å². The number of nitrogens with zero attached hydrogens (tertiary/aromatic N) is 2. The standard InChI is InChI=1S/C30H39N3O5S/c1-23-14-18-39-28(23)21-32(16-13-24-11-12-26(37-3)27(19-24)38-4)29(34)22-33(15-8-17-36-2)30(35)31-20-25-9-6-5-7-10-25/h5-7,9-12,14,18-19H,8,13,15-17,20-22H2,1-4H3,(H,31,35). The molecule has 1 N–H and O–H groups in total. The van der Waals surface area contributed by atoms with E-state index in [0.717, 1.165) is 21.6 Å². The normalized spacial score (nSPS) is 10.7. The Morgan fingerprint density at radius 3 is 2.33 bits per heavy atom. The lowest BCUT2D eigenvalue weighted by Gasteiger charge is -2.28. The van der Waals surface area contributed by atoms with Gasteiger partial charge in [0.1, 0.15) is 6.54 Å². The van der Waals surface area contributed by atoms with Crippen molar-refractivity contribution in [2.45, 2.75) is 32.9 Å². The van der Waals surface area contributed by atoms with Crippen LogP contribution in [0.25, 0.3) is 0 Å². The Bertz CT molecular complexity index is 1180. The predicted octanol–water partition coefficient (Wildman–Crippen LogP) is 4.89. The number of thiophene rings is 1. The zero-order chi connectivity index (χ0) is 28.0. The van der Waals surface area contributed by atoms with Gasteiger partial charge in [0.15, 0.2) is 11.5 Å². The first-order valence-electron chi connectivity index (χ1n) is 13.0. The van der Waals surface area contributed by atoms with Crippen molar-refractivity contribution in [3.8, 4) is 11.5 Å². The molecule has 3 rings (SSSR count). The zero-order valence-corrected chi connectivity index (χ0v) is 24.1. The number of carbonyl (C=O) groups excluding carboxylic acids is 2. The molecule has 0 saturated carbocycles. The molecule has 0 aliphatic carbocycles. The van der Waals surface area contributed by atoms with E-state index in [1.165, 1.54) is 0 Å². The summed E-state index contributed by atoms with van der Waals surface area (Å²) >= 11 is 1.64. The lowest BCUT2D eigenvalue weighted by atomic mass is 10.1. The molecule has 0 unspecified atom stereocenters. The molecule has 0 spiro atoms. The predicted molar refractivity (Wildman–Crippen MR) is 154 cm³/mol. The molecule has 0 radical (unpaired) electrons. The molecular formula is C30H39N3O5S. The average Bonchev–Trinajstić information content (AvgIpc) is 3.37. The number of ether oxygens (including phenoxy) is 3. The van der Waals surface area contributed by atoms with Gasteiger partial charge >= 0.3 is 6.03 Å². The molecule has 0 aliphatic rings. The molecule has 39 heavy (non-hydrogen) atoms. The lowest BCUT2D eigenvalue weighted by Crippen LogP contribution is -2.47. The summed E-state index contributed by atoms with van der Waals surface area (Å²) in [6, 6.07) is 17.3. The summed E-state index contributed by atoms with van der Waals surface area (Å²) in [5, 5.41) is 5.00. The topological polar surface area (TPSA) is 80.3 Å². The number of aryl methyl sites for hydroxylation is 1. The number of urea groups is 1. The number of amides is 3. The van der Waals surface area contributed by atoms with Crippen LogP contribution in [0.2, 0.25) is 0 Å². The minimum atomic E-state index is -0.268. The van der Waals surface area contributed by atoms with Crippen molar-refractivity contribution >= 4 is 23.3 Å². The minimum Gasteiger partial charge on any atom is -0.493 e. The monoisotopic (exact) mass is 553 g/mol. The van der Waals surface area contributed by atoms with Crippen LogP contribution in [0, 0.1) is 6.92 Å². The molecule has 8 nitrogen and oxygen atoms in total. The average molecular weight is 554 g/mol. The summed E-state index contributed by atoms with van der Waals surface area (Å²) in [7, 11) is 4.85. The van der Waals surface area contributed by atoms with Gasteiger partial charge in [0, 0.05) is 38.2 Å². The molecule has 0 bridgehead atoms. The SMILES string of the molecule is COCCCN(CC(=O)N(CCc1ccc(OC)c(OC)c1)Cc1sccc1C)C(=O)NCc1ccccc1. The smallest absolute Gasteiger partial charge is 0.318 e. The van der Waals surface area contributed by atoms with E-state index in [4.69, 9.17) is 14.2 Å². The van der Waals surface area contributed by atoms with E-state index in [1.807, 2.05) is 58.8 Å². The molecule has 0 atom stereocenters. The maximum Gasteiger partial charge on any atom is 0.318 e. The Balaban J connectivity index is 1.73. The number of hydrogen-bond donors (Lipinski definition) is 1. The molecule has 0 saturated heterocycles. The summed E-state index contributed by atoms with van der Waals surface area (Å²) in [5.41, 5.74) is 3.19. The second kappa shape index (κ2) is 15.8. The van der Waals surface area contributed by atoms with E-state index in [2.05, 4.69) is 18.3 Å². The van der Waals surface area contributed by atoms with Gasteiger partial charge < -0.3 is 29.3 Å². The summed E-state index contributed by atoms with van der Waals surface area (Å²) < 4.78 is 16.0. The van der Waals surface area contributed by atoms with Crippen LogP contribution in [0.1, 0.15) is 28.0 Å². The van der Waals surface area contributed by atoms with Crippen molar-refractivity contribution in [2.75, 3.05) is 47.6 Å². The Labute approximate surface area is 235 Å². The van der Waals surface area contributed by atoms with Crippen molar-refractivity contribution in [3.63, 3.8) is 0 Å². The van der Waals surface area contributed by atoms with Crippen LogP contribution in [-0.4, -0.2) is 69.3 Å². The highest BCUT2D eigenvalue weighted by molar-refractivity contribution is 7.10. The fraction of sp³-hybridized carbons (Fsp3) is 0.400. The number of carbonyl (C=O) groups is 2. The highest BCUT2D eigenvalue weighted by atomic mass is 32.1. The maximum atomic E-state index is 13.7. The summed E-state index contributed by atoms with van der Waals surface area (Å²) in [6.45, 7) is 4.36. The van der Waals surface area contributed by atoms with E-state index in [9.17, 15) is 9.59 Å². The quantitative estimate of drug-likeness (QED) is 0.271. The highest BCUT2D eigenvalue weighted by Gasteiger charge is 2.22. The van der Waals surface area contributed by atoms with E-state index < -0.39 is 0 Å². The van der Waals surface area contributed by atoms with Crippen molar-refractivity contribution in [2.24, 2.45) is 0 Å². The first kappa shape index (κ1) is 30.0. The number of rotatable bonds is 15. The van der Waals surface area contributed by atoms with Gasteiger partial charge in [0.05, 0.1) is 20.8 Å². The van der Waals surface area contributed by atoms with Crippen LogP contribution in [0.5, 0.6) is 11.5 Å². The van der Waals surface area contributed by atoms with E-state index in [0.29, 0.717) is 57.1 Å². The molecule has 1 aromatic heterocycles. The molecule has 210 valence electrons. The number of hydrogen-bond acceptors (Lipinski definition) is 6. The van der Waals surface area contributed by atoms with Gasteiger partial charge in [-0.3, -0.25) is 4.79 Å². The molecule has 0 aliphatic heterocycles. The first-order valence-corrected chi connectivity index (χ1v) is 13.9. The Morgan fingerprint density at radius 2 is 1.67 bits per heavy atom. The number of nitrogens with one attached hydrogen (secondary N) is 1. The summed E-state index contributed by atoms with van der Waals surface area (Å²) in [6.07, 6.45) is 1.28.